The third-order valence-electron chi connectivity index (χ3n) is 5.28. The largest absolute Gasteiger partial charge is 0.352 e. The summed E-state index contributed by atoms with van der Waals surface area (Å²) >= 11 is 1.63. The molecular weight excluding hydrogens is 436 g/mol. The van der Waals surface area contributed by atoms with Crippen LogP contribution < -0.4 is 11.0 Å². The molecule has 0 saturated heterocycles. The van der Waals surface area contributed by atoms with Crippen LogP contribution in [0.5, 0.6) is 0 Å². The molecule has 0 radical (unpaired) electrons. The fourth-order valence-electron chi connectivity index (χ4n) is 3.55. The van der Waals surface area contributed by atoms with Crippen molar-refractivity contribution in [3.8, 4) is 0 Å². The van der Waals surface area contributed by atoms with E-state index in [-0.39, 0.29) is 11.6 Å². The van der Waals surface area contributed by atoms with Crippen molar-refractivity contribution >= 4 is 34.3 Å². The highest BCUT2D eigenvalue weighted by Gasteiger charge is 2.08. The van der Waals surface area contributed by atoms with E-state index in [0.29, 0.717) is 30.7 Å². The molecule has 0 unspecified atom stereocenters. The fourth-order valence-corrected chi connectivity index (χ4v) is 4.39. The van der Waals surface area contributed by atoms with Gasteiger partial charge in [0.15, 0.2) is 10.8 Å². The number of carbonyl (C=O) groups excluding carboxylic acids is 1. The van der Waals surface area contributed by atoms with Crippen molar-refractivity contribution in [2.45, 2.75) is 23.9 Å². The lowest BCUT2D eigenvalue weighted by molar-refractivity contribution is 0.0952. The van der Waals surface area contributed by atoms with Crippen LogP contribution in [0.25, 0.3) is 16.7 Å². The molecule has 0 aliphatic heterocycles. The maximum atomic E-state index is 12.4. The number of aromatic amines is 1. The molecule has 2 aromatic carbocycles. The number of imidazole rings is 1. The molecule has 2 N–H and O–H groups in total. The molecule has 3 heterocycles. The van der Waals surface area contributed by atoms with Crippen molar-refractivity contribution in [3.63, 3.8) is 0 Å². The number of thioether (sulfide) groups is 1. The number of para-hydroxylation sites is 2. The molecule has 1 amide bonds. The summed E-state index contributed by atoms with van der Waals surface area (Å²) in [7, 11) is 0. The smallest absolute Gasteiger partial charge is 0.350 e. The van der Waals surface area contributed by atoms with Crippen molar-refractivity contribution in [2.24, 2.45) is 0 Å². The SMILES string of the molecule is O=C(NCCCn1nc2ccccn2c1=O)c1ccc(CSc2nc3ccccc3[nH]2)cc1. The molecule has 0 fully saturated rings. The first-order valence-corrected chi connectivity index (χ1v) is 11.6. The van der Waals surface area contributed by atoms with Crippen LogP contribution in [0.2, 0.25) is 0 Å². The molecule has 0 aliphatic carbocycles. The Morgan fingerprint density at radius 1 is 1.03 bits per heavy atom. The first kappa shape index (κ1) is 21.0. The van der Waals surface area contributed by atoms with Crippen LogP contribution in [0.1, 0.15) is 22.3 Å². The fraction of sp³-hybridized carbons (Fsp3) is 0.167. The number of carbonyl (C=O) groups is 1. The van der Waals surface area contributed by atoms with E-state index in [9.17, 15) is 9.59 Å². The van der Waals surface area contributed by atoms with Gasteiger partial charge in [0, 0.05) is 30.6 Å². The average Bonchev–Trinajstić information content (AvgIpc) is 3.41. The summed E-state index contributed by atoms with van der Waals surface area (Å²) in [6, 6.07) is 21.0. The number of fused-ring (bicyclic) bond motifs is 2. The maximum Gasteiger partial charge on any atom is 0.350 e. The number of benzene rings is 2. The van der Waals surface area contributed by atoms with Crippen LogP contribution in [0.3, 0.4) is 0 Å². The minimum Gasteiger partial charge on any atom is -0.352 e. The Kier molecular flexibility index (Phi) is 5.95. The molecule has 0 spiro atoms. The van der Waals surface area contributed by atoms with E-state index in [0.717, 1.165) is 27.5 Å². The van der Waals surface area contributed by atoms with Crippen LogP contribution in [-0.2, 0) is 12.3 Å². The van der Waals surface area contributed by atoms with Crippen molar-refractivity contribution in [2.75, 3.05) is 6.54 Å². The van der Waals surface area contributed by atoms with Gasteiger partial charge >= 0.3 is 5.69 Å². The summed E-state index contributed by atoms with van der Waals surface area (Å²) in [6.45, 7) is 0.904. The maximum absolute atomic E-state index is 12.4. The van der Waals surface area contributed by atoms with E-state index in [4.69, 9.17) is 0 Å². The van der Waals surface area contributed by atoms with Gasteiger partial charge < -0.3 is 10.3 Å². The first-order valence-electron chi connectivity index (χ1n) is 10.7. The summed E-state index contributed by atoms with van der Waals surface area (Å²) in [5, 5.41) is 8.08. The number of aromatic nitrogens is 5. The average molecular weight is 459 g/mol. The summed E-state index contributed by atoms with van der Waals surface area (Å²) in [5.74, 6) is 0.629. The Hall–Kier alpha value is -3.85. The molecular formula is C24H22N6O2S. The minimum atomic E-state index is -0.173. The van der Waals surface area contributed by atoms with E-state index < -0.39 is 0 Å². The Morgan fingerprint density at radius 2 is 1.85 bits per heavy atom. The van der Waals surface area contributed by atoms with Gasteiger partial charge in [-0.25, -0.2) is 14.5 Å². The molecule has 8 nitrogen and oxygen atoms in total. The molecule has 5 aromatic rings. The normalized spacial score (nSPS) is 11.3. The van der Waals surface area contributed by atoms with Gasteiger partial charge in [-0.2, -0.15) is 0 Å². The summed E-state index contributed by atoms with van der Waals surface area (Å²) in [6.07, 6.45) is 2.31. The molecule has 0 aliphatic rings. The quantitative estimate of drug-likeness (QED) is 0.274. The number of hydrogen-bond acceptors (Lipinski definition) is 5. The monoisotopic (exact) mass is 458 g/mol. The number of nitrogens with zero attached hydrogens (tertiary/aromatic N) is 4. The predicted molar refractivity (Wildman–Crippen MR) is 128 cm³/mol. The number of H-pyrrole nitrogens is 1. The van der Waals surface area contributed by atoms with Crippen LogP contribution in [0.15, 0.2) is 82.9 Å². The number of nitrogens with one attached hydrogen (secondary N) is 2. The van der Waals surface area contributed by atoms with E-state index in [2.05, 4.69) is 20.4 Å². The highest BCUT2D eigenvalue weighted by atomic mass is 32.2. The van der Waals surface area contributed by atoms with Crippen LogP contribution >= 0.6 is 11.8 Å². The lowest BCUT2D eigenvalue weighted by atomic mass is 10.1. The summed E-state index contributed by atoms with van der Waals surface area (Å²) in [5.41, 5.74) is 4.15. The van der Waals surface area contributed by atoms with Crippen LogP contribution in [0, 0.1) is 0 Å². The molecule has 0 atom stereocenters. The zero-order valence-electron chi connectivity index (χ0n) is 17.8. The summed E-state index contributed by atoms with van der Waals surface area (Å²) < 4.78 is 2.93. The van der Waals surface area contributed by atoms with Crippen molar-refractivity contribution in [1.29, 1.82) is 0 Å². The zero-order chi connectivity index (χ0) is 22.6. The lowest BCUT2D eigenvalue weighted by Crippen LogP contribution is -2.27. The third kappa shape index (κ3) is 4.68. The first-order chi connectivity index (χ1) is 16.2. The molecule has 3 aromatic heterocycles. The van der Waals surface area contributed by atoms with Gasteiger partial charge in [0.2, 0.25) is 0 Å². The van der Waals surface area contributed by atoms with Gasteiger partial charge in [0.1, 0.15) is 0 Å². The Balaban J connectivity index is 1.10. The topological polar surface area (TPSA) is 97.1 Å². The van der Waals surface area contributed by atoms with Crippen molar-refractivity contribution in [1.82, 2.24) is 29.5 Å². The highest BCUT2D eigenvalue weighted by Crippen LogP contribution is 2.23. The van der Waals surface area contributed by atoms with Crippen molar-refractivity contribution in [3.05, 3.63) is 94.5 Å². The van der Waals surface area contributed by atoms with Crippen molar-refractivity contribution < 1.29 is 4.79 Å². The number of amides is 1. The number of rotatable bonds is 8. The van der Waals surface area contributed by atoms with E-state index in [1.807, 2.05) is 54.6 Å². The molecule has 0 bridgehead atoms. The Labute approximate surface area is 193 Å². The second-order valence-corrected chi connectivity index (χ2v) is 8.55. The molecule has 0 saturated carbocycles. The minimum absolute atomic E-state index is 0.131. The van der Waals surface area contributed by atoms with Crippen LogP contribution in [0.4, 0.5) is 0 Å². The van der Waals surface area contributed by atoms with E-state index >= 15 is 0 Å². The lowest BCUT2D eigenvalue weighted by Gasteiger charge is -2.06. The number of pyridine rings is 1. The highest BCUT2D eigenvalue weighted by molar-refractivity contribution is 7.98. The zero-order valence-corrected chi connectivity index (χ0v) is 18.6. The number of hydrogen-bond donors (Lipinski definition) is 2. The Morgan fingerprint density at radius 3 is 2.67 bits per heavy atom. The second-order valence-electron chi connectivity index (χ2n) is 7.59. The van der Waals surface area contributed by atoms with Gasteiger partial charge in [0.05, 0.1) is 11.0 Å². The van der Waals surface area contributed by atoms with Gasteiger partial charge in [0.25, 0.3) is 5.91 Å². The number of aryl methyl sites for hydroxylation is 1. The van der Waals surface area contributed by atoms with Gasteiger partial charge in [-0.05, 0) is 48.4 Å². The van der Waals surface area contributed by atoms with E-state index in [1.165, 1.54) is 9.08 Å². The van der Waals surface area contributed by atoms with Gasteiger partial charge in [-0.3, -0.25) is 9.20 Å². The van der Waals surface area contributed by atoms with E-state index in [1.54, 1.807) is 30.1 Å². The predicted octanol–water partition coefficient (Wildman–Crippen LogP) is 3.48. The van der Waals surface area contributed by atoms with Crippen LogP contribution in [-0.4, -0.2) is 36.6 Å². The standard InChI is InChI=1S/C24H22N6O2S/c31-22(25-13-5-15-30-24(32)29-14-4-3-8-21(29)28-30)18-11-9-17(10-12-18)16-33-23-26-19-6-1-2-7-20(19)27-23/h1-4,6-12,14H,5,13,15-16H2,(H,25,31)(H,26,27). The third-order valence-corrected chi connectivity index (χ3v) is 6.22. The molecule has 5 rings (SSSR count). The Bertz CT molecular complexity index is 1430. The summed E-state index contributed by atoms with van der Waals surface area (Å²) in [4.78, 5) is 32.6. The van der Waals surface area contributed by atoms with Gasteiger partial charge in [-0.1, -0.05) is 42.1 Å². The van der Waals surface area contributed by atoms with Gasteiger partial charge in [-0.15, -0.1) is 5.10 Å². The molecule has 33 heavy (non-hydrogen) atoms. The molecule has 9 heteroatoms. The second kappa shape index (κ2) is 9.33. The molecule has 166 valence electrons.